The first-order valence-corrected chi connectivity index (χ1v) is 6.73. The molecule has 0 fully saturated rings. The summed E-state index contributed by atoms with van der Waals surface area (Å²) < 4.78 is 5.68. The van der Waals surface area contributed by atoms with Gasteiger partial charge in [0.1, 0.15) is 5.75 Å². The largest absolute Gasteiger partial charge is 0.493 e. The van der Waals surface area contributed by atoms with E-state index in [4.69, 9.17) is 16.3 Å². The van der Waals surface area contributed by atoms with Gasteiger partial charge in [-0.2, -0.15) is 0 Å². The Morgan fingerprint density at radius 2 is 2.24 bits per heavy atom. The predicted octanol–water partition coefficient (Wildman–Crippen LogP) is 3.11. The Hall–Kier alpha value is -0.730. The van der Waals surface area contributed by atoms with Gasteiger partial charge in [0.05, 0.1) is 6.61 Å². The first-order chi connectivity index (χ1) is 8.22. The molecule has 94 valence electrons. The highest BCUT2D eigenvalue weighted by Crippen LogP contribution is 2.33. The minimum absolute atomic E-state index is 0.423. The van der Waals surface area contributed by atoms with E-state index in [2.05, 4.69) is 37.1 Å². The number of nitrogens with zero attached hydrogens (tertiary/aromatic N) is 1. The molecule has 0 radical (unpaired) electrons. The lowest BCUT2D eigenvalue weighted by molar-refractivity contribution is 0.211. The van der Waals surface area contributed by atoms with E-state index in [1.54, 1.807) is 0 Å². The fraction of sp³-hybridized carbons (Fsp3) is 0.571. The molecular formula is C14H20ClNO. The van der Waals surface area contributed by atoms with Crippen molar-refractivity contribution in [1.82, 2.24) is 4.90 Å². The molecular weight excluding hydrogens is 234 g/mol. The summed E-state index contributed by atoms with van der Waals surface area (Å²) in [5, 5.41) is 0. The van der Waals surface area contributed by atoms with Crippen LogP contribution in [0.5, 0.6) is 5.75 Å². The smallest absolute Gasteiger partial charge is 0.122 e. The normalized spacial score (nSPS) is 20.8. The SMILES string of the molecule is CC(CCl)N(C)CC1CCOc2ccccc21. The average molecular weight is 254 g/mol. The minimum atomic E-state index is 0.423. The highest BCUT2D eigenvalue weighted by Gasteiger charge is 2.23. The lowest BCUT2D eigenvalue weighted by Gasteiger charge is -2.31. The van der Waals surface area contributed by atoms with E-state index in [0.717, 1.165) is 25.3 Å². The first kappa shape index (κ1) is 12.7. The maximum atomic E-state index is 5.90. The van der Waals surface area contributed by atoms with Crippen molar-refractivity contribution in [2.75, 3.05) is 26.1 Å². The molecule has 3 heteroatoms. The van der Waals surface area contributed by atoms with Crippen LogP contribution >= 0.6 is 11.6 Å². The van der Waals surface area contributed by atoms with E-state index in [1.807, 2.05) is 6.07 Å². The zero-order chi connectivity index (χ0) is 12.3. The highest BCUT2D eigenvalue weighted by molar-refractivity contribution is 6.18. The topological polar surface area (TPSA) is 12.5 Å². The van der Waals surface area contributed by atoms with Crippen molar-refractivity contribution in [3.63, 3.8) is 0 Å². The van der Waals surface area contributed by atoms with Crippen LogP contribution in [0.1, 0.15) is 24.8 Å². The van der Waals surface area contributed by atoms with Crippen LogP contribution in [-0.2, 0) is 0 Å². The molecule has 2 rings (SSSR count). The number of hydrogen-bond acceptors (Lipinski definition) is 2. The van der Waals surface area contributed by atoms with Gasteiger partial charge in [-0.15, -0.1) is 11.6 Å². The fourth-order valence-corrected chi connectivity index (χ4v) is 2.49. The van der Waals surface area contributed by atoms with E-state index in [1.165, 1.54) is 5.56 Å². The first-order valence-electron chi connectivity index (χ1n) is 6.20. The second-order valence-electron chi connectivity index (χ2n) is 4.81. The van der Waals surface area contributed by atoms with Crippen molar-refractivity contribution in [1.29, 1.82) is 0 Å². The van der Waals surface area contributed by atoms with Gasteiger partial charge in [-0.05, 0) is 32.0 Å². The van der Waals surface area contributed by atoms with E-state index in [0.29, 0.717) is 17.8 Å². The number of alkyl halides is 1. The Kier molecular flexibility index (Phi) is 4.30. The molecule has 0 spiro atoms. The Morgan fingerprint density at radius 1 is 1.47 bits per heavy atom. The van der Waals surface area contributed by atoms with Gasteiger partial charge in [-0.25, -0.2) is 0 Å². The van der Waals surface area contributed by atoms with E-state index < -0.39 is 0 Å². The van der Waals surface area contributed by atoms with Crippen LogP contribution in [0.3, 0.4) is 0 Å². The third kappa shape index (κ3) is 2.93. The second kappa shape index (κ2) is 5.74. The van der Waals surface area contributed by atoms with Crippen molar-refractivity contribution in [2.24, 2.45) is 0 Å². The Labute approximate surface area is 109 Å². The third-order valence-electron chi connectivity index (χ3n) is 3.57. The van der Waals surface area contributed by atoms with Gasteiger partial charge in [0, 0.05) is 24.4 Å². The van der Waals surface area contributed by atoms with Crippen LogP contribution in [0, 0.1) is 0 Å². The standard InChI is InChI=1S/C14H20ClNO/c1-11(9-15)16(2)10-12-7-8-17-14-6-4-3-5-13(12)14/h3-6,11-12H,7-10H2,1-2H3. The molecule has 1 aliphatic heterocycles. The predicted molar refractivity (Wildman–Crippen MR) is 72.1 cm³/mol. The summed E-state index contributed by atoms with van der Waals surface area (Å²) in [6.07, 6.45) is 1.09. The Bertz CT molecular complexity index is 369. The Balaban J connectivity index is 2.08. The summed E-state index contributed by atoms with van der Waals surface area (Å²) in [5.41, 5.74) is 1.34. The quantitative estimate of drug-likeness (QED) is 0.765. The monoisotopic (exact) mass is 253 g/mol. The molecule has 0 bridgehead atoms. The molecule has 0 N–H and O–H groups in total. The van der Waals surface area contributed by atoms with Gasteiger partial charge < -0.3 is 9.64 Å². The van der Waals surface area contributed by atoms with Crippen LogP contribution < -0.4 is 4.74 Å². The number of hydrogen-bond donors (Lipinski definition) is 0. The zero-order valence-corrected chi connectivity index (χ0v) is 11.3. The summed E-state index contributed by atoms with van der Waals surface area (Å²) in [6.45, 7) is 4.04. The summed E-state index contributed by atoms with van der Waals surface area (Å²) >= 11 is 5.90. The van der Waals surface area contributed by atoms with Crippen LogP contribution in [0.4, 0.5) is 0 Å². The van der Waals surface area contributed by atoms with Gasteiger partial charge in [0.25, 0.3) is 0 Å². The van der Waals surface area contributed by atoms with E-state index in [9.17, 15) is 0 Å². The van der Waals surface area contributed by atoms with Gasteiger partial charge in [-0.1, -0.05) is 18.2 Å². The molecule has 17 heavy (non-hydrogen) atoms. The lowest BCUT2D eigenvalue weighted by Crippen LogP contribution is -2.35. The molecule has 2 nitrogen and oxygen atoms in total. The molecule has 1 aliphatic rings. The molecule has 1 aromatic rings. The van der Waals surface area contributed by atoms with Crippen molar-refractivity contribution < 1.29 is 4.74 Å². The summed E-state index contributed by atoms with van der Waals surface area (Å²) in [5.74, 6) is 2.30. The number of ether oxygens (including phenoxy) is 1. The van der Waals surface area contributed by atoms with Gasteiger partial charge in [-0.3, -0.25) is 0 Å². The zero-order valence-electron chi connectivity index (χ0n) is 10.5. The molecule has 2 atom stereocenters. The maximum absolute atomic E-state index is 5.90. The van der Waals surface area contributed by atoms with Gasteiger partial charge in [0.15, 0.2) is 0 Å². The number of rotatable bonds is 4. The van der Waals surface area contributed by atoms with Crippen LogP contribution in [-0.4, -0.2) is 37.0 Å². The van der Waals surface area contributed by atoms with Crippen molar-refractivity contribution >= 4 is 11.6 Å². The fourth-order valence-electron chi connectivity index (χ4n) is 2.25. The number of fused-ring (bicyclic) bond motifs is 1. The molecule has 0 amide bonds. The summed E-state index contributed by atoms with van der Waals surface area (Å²) in [4.78, 5) is 2.33. The molecule has 0 aliphatic carbocycles. The molecule has 1 heterocycles. The molecule has 2 unspecified atom stereocenters. The molecule has 0 saturated heterocycles. The molecule has 0 saturated carbocycles. The average Bonchev–Trinajstić information content (AvgIpc) is 2.38. The van der Waals surface area contributed by atoms with E-state index in [-0.39, 0.29) is 0 Å². The van der Waals surface area contributed by atoms with Crippen LogP contribution in [0.15, 0.2) is 24.3 Å². The third-order valence-corrected chi connectivity index (χ3v) is 4.01. The molecule has 1 aromatic carbocycles. The minimum Gasteiger partial charge on any atom is -0.493 e. The number of para-hydroxylation sites is 1. The van der Waals surface area contributed by atoms with Crippen LogP contribution in [0.2, 0.25) is 0 Å². The molecule has 0 aromatic heterocycles. The maximum Gasteiger partial charge on any atom is 0.122 e. The van der Waals surface area contributed by atoms with E-state index >= 15 is 0 Å². The van der Waals surface area contributed by atoms with Crippen molar-refractivity contribution in [3.8, 4) is 5.75 Å². The number of benzene rings is 1. The highest BCUT2D eigenvalue weighted by atomic mass is 35.5. The lowest BCUT2D eigenvalue weighted by atomic mass is 9.92. The van der Waals surface area contributed by atoms with Gasteiger partial charge in [0.2, 0.25) is 0 Å². The summed E-state index contributed by atoms with van der Waals surface area (Å²) in [6, 6.07) is 8.79. The van der Waals surface area contributed by atoms with Crippen molar-refractivity contribution in [3.05, 3.63) is 29.8 Å². The Morgan fingerprint density at radius 3 is 3.00 bits per heavy atom. The number of halogens is 1. The number of likely N-dealkylation sites (N-methyl/N-ethyl adjacent to an activating group) is 1. The van der Waals surface area contributed by atoms with Gasteiger partial charge >= 0.3 is 0 Å². The second-order valence-corrected chi connectivity index (χ2v) is 5.12. The van der Waals surface area contributed by atoms with Crippen LogP contribution in [0.25, 0.3) is 0 Å². The van der Waals surface area contributed by atoms with Crippen molar-refractivity contribution in [2.45, 2.75) is 25.3 Å². The summed E-state index contributed by atoms with van der Waals surface area (Å²) in [7, 11) is 2.14.